The summed E-state index contributed by atoms with van der Waals surface area (Å²) < 4.78 is 31.4. The number of fused-ring (bicyclic) bond motifs is 3. The van der Waals surface area contributed by atoms with Crippen LogP contribution in [0.4, 0.5) is 5.69 Å². The van der Waals surface area contributed by atoms with Crippen LogP contribution in [0.25, 0.3) is 0 Å². The highest BCUT2D eigenvalue weighted by molar-refractivity contribution is 7.87. The molecule has 0 bridgehead atoms. The zero-order valence-electron chi connectivity index (χ0n) is 20.1. The topological polar surface area (TPSA) is 145 Å². The molecule has 2 aromatic rings. The first-order chi connectivity index (χ1) is 17.5. The Balaban J connectivity index is 1.65. The third-order valence-corrected chi connectivity index (χ3v) is 8.56. The molecule has 0 spiro atoms. The number of hydrogen-bond donors (Lipinski definition) is 2. The molecule has 10 heteroatoms. The predicted molar refractivity (Wildman–Crippen MR) is 133 cm³/mol. The van der Waals surface area contributed by atoms with E-state index in [1.165, 1.54) is 18.2 Å². The highest BCUT2D eigenvalue weighted by Gasteiger charge is 2.50. The van der Waals surface area contributed by atoms with E-state index in [0.717, 1.165) is 0 Å². The number of rotatable bonds is 4. The number of anilines is 1. The predicted octanol–water partition coefficient (Wildman–Crippen LogP) is 3.63. The first kappa shape index (κ1) is 24.6. The van der Waals surface area contributed by atoms with E-state index in [0.29, 0.717) is 24.1 Å². The Labute approximate surface area is 214 Å². The lowest BCUT2D eigenvalue weighted by atomic mass is 9.62. The zero-order chi connectivity index (χ0) is 26.6. The number of carbonyl (C=O) groups excluding carboxylic acids is 2. The van der Waals surface area contributed by atoms with E-state index in [-0.39, 0.29) is 34.0 Å². The number of nitrogens with zero attached hydrogens (tertiary/aromatic N) is 2. The largest absolute Gasteiger partial charge is 0.511 e. The number of Topliss-reactive ketones (excluding diaryl/α,β-unsaturated/α-hetero) is 2. The molecule has 0 saturated heterocycles. The Bertz CT molecular complexity index is 1550. The lowest BCUT2D eigenvalue weighted by molar-refractivity contribution is -0.121. The second-order valence-corrected chi connectivity index (χ2v) is 11.2. The average molecular weight is 521 g/mol. The summed E-state index contributed by atoms with van der Waals surface area (Å²) in [6, 6.07) is 12.3. The first-order valence-corrected chi connectivity index (χ1v) is 13.1. The minimum Gasteiger partial charge on any atom is -0.511 e. The molecule has 37 heavy (non-hydrogen) atoms. The lowest BCUT2D eigenvalue weighted by Crippen LogP contribution is -2.41. The van der Waals surface area contributed by atoms with Gasteiger partial charge in [-0.2, -0.15) is 13.7 Å². The number of hydrogen-bond acceptors (Lipinski definition) is 9. The molecule has 3 unspecified atom stereocenters. The van der Waals surface area contributed by atoms with Gasteiger partial charge in [-0.1, -0.05) is 18.2 Å². The summed E-state index contributed by atoms with van der Waals surface area (Å²) in [5, 5.41) is 30.7. The van der Waals surface area contributed by atoms with Gasteiger partial charge in [0.1, 0.15) is 28.1 Å². The summed E-state index contributed by atoms with van der Waals surface area (Å²) in [7, 11) is -0.662. The number of ketones is 2. The van der Waals surface area contributed by atoms with E-state index >= 15 is 0 Å². The van der Waals surface area contributed by atoms with Crippen molar-refractivity contribution < 1.29 is 32.4 Å². The maximum atomic E-state index is 13.9. The summed E-state index contributed by atoms with van der Waals surface area (Å²) in [6.45, 7) is 0. The summed E-state index contributed by atoms with van der Waals surface area (Å²) in [4.78, 5) is 28.6. The Hall–Kier alpha value is -4.10. The van der Waals surface area contributed by atoms with Crippen molar-refractivity contribution in [1.29, 1.82) is 5.26 Å². The molecule has 0 amide bonds. The van der Waals surface area contributed by atoms with Gasteiger partial charge in [-0.05, 0) is 54.5 Å². The smallest absolute Gasteiger partial charge is 0.339 e. The summed E-state index contributed by atoms with van der Waals surface area (Å²) >= 11 is 0. The van der Waals surface area contributed by atoms with E-state index in [1.54, 1.807) is 49.3 Å². The van der Waals surface area contributed by atoms with Crippen molar-refractivity contribution >= 4 is 27.4 Å². The van der Waals surface area contributed by atoms with Gasteiger partial charge in [0.15, 0.2) is 17.3 Å². The number of nitriles is 1. The number of carbonyl (C=O) groups is 2. The van der Waals surface area contributed by atoms with E-state index in [2.05, 4.69) is 0 Å². The molecule has 0 aromatic heterocycles. The third-order valence-electron chi connectivity index (χ3n) is 7.31. The van der Waals surface area contributed by atoms with Gasteiger partial charge in [-0.15, -0.1) is 0 Å². The van der Waals surface area contributed by atoms with Crippen LogP contribution >= 0.6 is 0 Å². The second kappa shape index (κ2) is 8.78. The van der Waals surface area contributed by atoms with E-state index in [1.807, 2.05) is 0 Å². The van der Waals surface area contributed by atoms with Gasteiger partial charge in [0.05, 0.1) is 11.5 Å². The maximum Gasteiger partial charge on any atom is 0.339 e. The van der Waals surface area contributed by atoms with Crippen LogP contribution in [0.5, 0.6) is 5.75 Å². The second-order valence-electron chi connectivity index (χ2n) is 9.69. The molecular formula is C27H24N2O7S. The van der Waals surface area contributed by atoms with Crippen LogP contribution in [-0.4, -0.2) is 44.3 Å². The van der Waals surface area contributed by atoms with Crippen molar-refractivity contribution in [2.45, 2.75) is 24.2 Å². The van der Waals surface area contributed by atoms with Gasteiger partial charge < -0.3 is 19.3 Å². The van der Waals surface area contributed by atoms with Gasteiger partial charge in [0.2, 0.25) is 0 Å². The number of allylic oxidation sites excluding steroid dienone is 4. The summed E-state index contributed by atoms with van der Waals surface area (Å²) in [6.07, 6.45) is 0.681. The van der Waals surface area contributed by atoms with E-state index in [9.17, 15) is 33.5 Å². The molecular weight excluding hydrogens is 496 g/mol. The summed E-state index contributed by atoms with van der Waals surface area (Å²) in [5.41, 5.74) is 0.907. The van der Waals surface area contributed by atoms with Crippen LogP contribution in [0.15, 0.2) is 70.0 Å². The van der Waals surface area contributed by atoms with Crippen LogP contribution in [0.3, 0.4) is 0 Å². The minimum absolute atomic E-state index is 0.0177. The minimum atomic E-state index is -4.26. The Morgan fingerprint density at radius 3 is 2.41 bits per heavy atom. The molecule has 190 valence electrons. The molecule has 2 aromatic carbocycles. The molecule has 5 rings (SSSR count). The molecule has 3 atom stereocenters. The normalized spacial score (nSPS) is 23.1. The van der Waals surface area contributed by atoms with Crippen molar-refractivity contribution in [2.24, 2.45) is 17.8 Å². The fourth-order valence-electron chi connectivity index (χ4n) is 5.71. The van der Waals surface area contributed by atoms with Gasteiger partial charge in [0.25, 0.3) is 0 Å². The standard InChI is InChI=1S/C27H24N2O7S/c1-29(2)19-8-9-21(36-37(34,35)16-6-4-3-5-7-16)24-17(19)11-14-10-15-12-20(30)18(13-28)25(31)22(15)26(32)23(14)27(24)33/h3-9,14-15,22,30,32H,10-12H2,1-2H3. The first-order valence-electron chi connectivity index (χ1n) is 11.7. The van der Waals surface area contributed by atoms with Gasteiger partial charge >= 0.3 is 10.1 Å². The molecule has 0 radical (unpaired) electrons. The highest BCUT2D eigenvalue weighted by atomic mass is 32.2. The van der Waals surface area contributed by atoms with Crippen molar-refractivity contribution in [3.63, 3.8) is 0 Å². The maximum absolute atomic E-state index is 13.9. The number of aliphatic hydroxyl groups excluding tert-OH is 2. The lowest BCUT2D eigenvalue weighted by Gasteiger charge is -2.41. The fourth-order valence-corrected chi connectivity index (χ4v) is 6.67. The van der Waals surface area contributed by atoms with Gasteiger partial charge in [-0.25, -0.2) is 0 Å². The average Bonchev–Trinajstić information content (AvgIpc) is 2.84. The molecule has 0 fully saturated rings. The van der Waals surface area contributed by atoms with Crippen LogP contribution in [0, 0.1) is 29.1 Å². The SMILES string of the molecule is CN(C)c1ccc(OS(=O)(=O)c2ccccc2)c2c1CC1CC3CC(O)=C(C#N)C(=O)C3C(O)=C1C2=O. The molecule has 3 aliphatic rings. The molecule has 0 aliphatic heterocycles. The monoisotopic (exact) mass is 520 g/mol. The van der Waals surface area contributed by atoms with Crippen molar-refractivity contribution in [1.82, 2.24) is 0 Å². The Morgan fingerprint density at radius 2 is 1.76 bits per heavy atom. The zero-order valence-corrected chi connectivity index (χ0v) is 20.9. The molecule has 0 saturated carbocycles. The van der Waals surface area contributed by atoms with Gasteiger partial charge in [0, 0.05) is 31.8 Å². The van der Waals surface area contributed by atoms with E-state index in [4.69, 9.17) is 4.18 Å². The van der Waals surface area contributed by atoms with Crippen molar-refractivity contribution in [3.05, 3.63) is 76.3 Å². The molecule has 9 nitrogen and oxygen atoms in total. The molecule has 2 N–H and O–H groups in total. The fraction of sp³-hybridized carbons (Fsp3) is 0.296. The van der Waals surface area contributed by atoms with Gasteiger partial charge in [-0.3, -0.25) is 9.59 Å². The third kappa shape index (κ3) is 3.86. The van der Waals surface area contributed by atoms with Crippen LogP contribution in [0.2, 0.25) is 0 Å². The Kier molecular flexibility index (Phi) is 5.83. The number of benzene rings is 2. The van der Waals surface area contributed by atoms with Crippen molar-refractivity contribution in [3.8, 4) is 11.8 Å². The number of aliphatic hydroxyl groups is 2. The molecule has 0 heterocycles. The highest BCUT2D eigenvalue weighted by Crippen LogP contribution is 2.50. The van der Waals surface area contributed by atoms with Crippen LogP contribution < -0.4 is 9.08 Å². The Morgan fingerprint density at radius 1 is 1.05 bits per heavy atom. The van der Waals surface area contributed by atoms with E-state index < -0.39 is 50.8 Å². The van der Waals surface area contributed by atoms with Crippen LogP contribution in [0.1, 0.15) is 28.8 Å². The summed E-state index contributed by atoms with van der Waals surface area (Å²) in [5.74, 6) is -4.26. The quantitative estimate of drug-likeness (QED) is 0.577. The van der Waals surface area contributed by atoms with Crippen molar-refractivity contribution in [2.75, 3.05) is 19.0 Å². The molecule has 3 aliphatic carbocycles. The van der Waals surface area contributed by atoms with Crippen LogP contribution in [-0.2, 0) is 21.3 Å².